The molecular formula is C21H26ClN3O4. The Kier molecular flexibility index (Phi) is 7.30. The summed E-state index contributed by atoms with van der Waals surface area (Å²) < 4.78 is 10.8. The first-order valence-corrected chi connectivity index (χ1v) is 10.1. The minimum atomic E-state index is -0.615. The fourth-order valence-corrected chi connectivity index (χ4v) is 3.65. The van der Waals surface area contributed by atoms with Crippen LogP contribution < -0.4 is 5.32 Å². The third-order valence-electron chi connectivity index (χ3n) is 4.93. The highest BCUT2D eigenvalue weighted by molar-refractivity contribution is 6.30. The Labute approximate surface area is 175 Å². The lowest BCUT2D eigenvalue weighted by Crippen LogP contribution is -2.51. The standard InChI is InChI=1S/C21H26ClN3O4/c1-3-9-25-17(14-24-10-12-28-13-11-24)18(20(26)29-4-2)19(23-21(25)27)15-5-7-16(22)8-6-15/h3,5-8,19H,1,4,9-14H2,2H3,(H,23,27)/t19-/m1/s1. The van der Waals surface area contributed by atoms with Gasteiger partial charge in [-0.15, -0.1) is 6.58 Å². The molecule has 1 N–H and O–H groups in total. The minimum Gasteiger partial charge on any atom is -0.463 e. The van der Waals surface area contributed by atoms with Gasteiger partial charge in [0.25, 0.3) is 0 Å². The maximum atomic E-state index is 13.0. The molecule has 1 saturated heterocycles. The van der Waals surface area contributed by atoms with E-state index in [2.05, 4.69) is 16.8 Å². The monoisotopic (exact) mass is 419 g/mol. The Balaban J connectivity index is 2.08. The zero-order chi connectivity index (χ0) is 20.8. The molecule has 8 heteroatoms. The van der Waals surface area contributed by atoms with Crippen molar-refractivity contribution >= 4 is 23.6 Å². The molecule has 2 aliphatic heterocycles. The first-order valence-electron chi connectivity index (χ1n) is 9.69. The molecule has 3 rings (SSSR count). The lowest BCUT2D eigenvalue weighted by Gasteiger charge is -2.38. The number of amides is 2. The van der Waals surface area contributed by atoms with Gasteiger partial charge in [-0.3, -0.25) is 9.80 Å². The van der Waals surface area contributed by atoms with Crippen LogP contribution in [0.5, 0.6) is 0 Å². The van der Waals surface area contributed by atoms with E-state index in [1.165, 1.54) is 0 Å². The average molecular weight is 420 g/mol. The number of morpholine rings is 1. The molecule has 0 aliphatic carbocycles. The van der Waals surface area contributed by atoms with Crippen molar-refractivity contribution in [2.24, 2.45) is 0 Å². The van der Waals surface area contributed by atoms with Gasteiger partial charge in [-0.05, 0) is 24.6 Å². The van der Waals surface area contributed by atoms with E-state index in [1.807, 2.05) is 12.1 Å². The number of urea groups is 1. The quantitative estimate of drug-likeness (QED) is 0.543. The number of carbonyl (C=O) groups excluding carboxylic acids is 2. The first-order chi connectivity index (χ1) is 14.0. The van der Waals surface area contributed by atoms with Crippen LogP contribution in [-0.4, -0.2) is 67.8 Å². The van der Waals surface area contributed by atoms with Crippen LogP contribution in [0.25, 0.3) is 0 Å². The fourth-order valence-electron chi connectivity index (χ4n) is 3.52. The summed E-state index contributed by atoms with van der Waals surface area (Å²) in [4.78, 5) is 29.7. The predicted molar refractivity (Wildman–Crippen MR) is 111 cm³/mol. The van der Waals surface area contributed by atoms with E-state index in [0.29, 0.717) is 42.6 Å². The molecule has 0 bridgehead atoms. The molecule has 2 aliphatic rings. The maximum absolute atomic E-state index is 13.0. The van der Waals surface area contributed by atoms with E-state index in [1.54, 1.807) is 30.0 Å². The summed E-state index contributed by atoms with van der Waals surface area (Å²) in [6.45, 7) is 9.21. The first kappa shape index (κ1) is 21.4. The molecule has 2 amide bonds. The topological polar surface area (TPSA) is 71.1 Å². The molecule has 0 saturated carbocycles. The Hall–Kier alpha value is -2.35. The van der Waals surface area contributed by atoms with Crippen molar-refractivity contribution in [1.29, 1.82) is 0 Å². The van der Waals surface area contributed by atoms with Gasteiger partial charge in [0.2, 0.25) is 0 Å². The van der Waals surface area contributed by atoms with E-state index < -0.39 is 12.0 Å². The van der Waals surface area contributed by atoms with Gasteiger partial charge in [0, 0.05) is 36.9 Å². The highest BCUT2D eigenvalue weighted by Crippen LogP contribution is 2.32. The number of rotatable bonds is 7. The van der Waals surface area contributed by atoms with Crippen LogP contribution in [0.15, 0.2) is 48.2 Å². The Morgan fingerprint density at radius 3 is 2.66 bits per heavy atom. The molecule has 1 fully saturated rings. The number of hydrogen-bond donors (Lipinski definition) is 1. The van der Waals surface area contributed by atoms with Crippen molar-refractivity contribution in [2.45, 2.75) is 13.0 Å². The highest BCUT2D eigenvalue weighted by Gasteiger charge is 2.38. The summed E-state index contributed by atoms with van der Waals surface area (Å²) in [7, 11) is 0. The Morgan fingerprint density at radius 2 is 2.03 bits per heavy atom. The fraction of sp³-hybridized carbons (Fsp3) is 0.429. The third-order valence-corrected chi connectivity index (χ3v) is 5.18. The number of nitrogens with zero attached hydrogens (tertiary/aromatic N) is 2. The number of esters is 1. The number of ether oxygens (including phenoxy) is 2. The van der Waals surface area contributed by atoms with Crippen LogP contribution in [0.3, 0.4) is 0 Å². The van der Waals surface area contributed by atoms with Crippen molar-refractivity contribution < 1.29 is 19.1 Å². The van der Waals surface area contributed by atoms with E-state index in [0.717, 1.165) is 18.7 Å². The van der Waals surface area contributed by atoms with Crippen molar-refractivity contribution in [3.63, 3.8) is 0 Å². The van der Waals surface area contributed by atoms with E-state index >= 15 is 0 Å². The van der Waals surface area contributed by atoms with Gasteiger partial charge in [-0.25, -0.2) is 9.59 Å². The van der Waals surface area contributed by atoms with Gasteiger partial charge in [0.05, 0.1) is 31.4 Å². The summed E-state index contributed by atoms with van der Waals surface area (Å²) in [6.07, 6.45) is 1.64. The zero-order valence-corrected chi connectivity index (χ0v) is 17.3. The normalized spacial score (nSPS) is 20.4. The van der Waals surface area contributed by atoms with Crippen molar-refractivity contribution in [1.82, 2.24) is 15.1 Å². The molecule has 0 radical (unpaired) electrons. The second-order valence-electron chi connectivity index (χ2n) is 6.80. The number of carbonyl (C=O) groups is 2. The molecule has 7 nitrogen and oxygen atoms in total. The zero-order valence-electron chi connectivity index (χ0n) is 16.5. The number of halogens is 1. The molecule has 0 aromatic heterocycles. The number of nitrogens with one attached hydrogen (secondary N) is 1. The lowest BCUT2D eigenvalue weighted by molar-refractivity contribution is -0.139. The van der Waals surface area contributed by atoms with Crippen molar-refractivity contribution in [2.75, 3.05) is 46.0 Å². The van der Waals surface area contributed by atoms with Crippen LogP contribution in [0, 0.1) is 0 Å². The van der Waals surface area contributed by atoms with Crippen molar-refractivity contribution in [3.05, 3.63) is 58.8 Å². The molecule has 0 spiro atoms. The Morgan fingerprint density at radius 1 is 1.34 bits per heavy atom. The molecule has 1 atom stereocenters. The van der Waals surface area contributed by atoms with Gasteiger partial charge in [0.1, 0.15) is 0 Å². The van der Waals surface area contributed by atoms with Gasteiger partial charge >= 0.3 is 12.0 Å². The van der Waals surface area contributed by atoms with Crippen LogP contribution in [0.4, 0.5) is 4.79 Å². The third kappa shape index (κ3) is 4.98. The van der Waals surface area contributed by atoms with Crippen LogP contribution in [0.2, 0.25) is 5.02 Å². The smallest absolute Gasteiger partial charge is 0.338 e. The summed E-state index contributed by atoms with van der Waals surface area (Å²) in [5.74, 6) is -0.440. The molecule has 1 aromatic rings. The summed E-state index contributed by atoms with van der Waals surface area (Å²) >= 11 is 6.02. The SMILES string of the molecule is C=CCN1C(=O)N[C@H](c2ccc(Cl)cc2)C(C(=O)OCC)=C1CN1CCOCC1. The van der Waals surface area contributed by atoms with Gasteiger partial charge < -0.3 is 14.8 Å². The van der Waals surface area contributed by atoms with E-state index in [4.69, 9.17) is 21.1 Å². The number of hydrogen-bond acceptors (Lipinski definition) is 5. The van der Waals surface area contributed by atoms with Gasteiger partial charge in [-0.2, -0.15) is 0 Å². The second kappa shape index (κ2) is 9.91. The maximum Gasteiger partial charge on any atom is 0.338 e. The summed E-state index contributed by atoms with van der Waals surface area (Å²) in [6, 6.07) is 6.20. The van der Waals surface area contributed by atoms with Crippen LogP contribution in [-0.2, 0) is 14.3 Å². The van der Waals surface area contributed by atoms with E-state index in [9.17, 15) is 9.59 Å². The average Bonchev–Trinajstić information content (AvgIpc) is 2.72. The Bertz CT molecular complexity index is 788. The summed E-state index contributed by atoms with van der Waals surface area (Å²) in [5, 5.41) is 3.52. The molecule has 0 unspecified atom stereocenters. The minimum absolute atomic E-state index is 0.246. The van der Waals surface area contributed by atoms with E-state index in [-0.39, 0.29) is 12.6 Å². The predicted octanol–water partition coefficient (Wildman–Crippen LogP) is 2.74. The second-order valence-corrected chi connectivity index (χ2v) is 7.24. The summed E-state index contributed by atoms with van der Waals surface area (Å²) in [5.41, 5.74) is 1.83. The molecule has 29 heavy (non-hydrogen) atoms. The molecule has 2 heterocycles. The molecule has 1 aromatic carbocycles. The molecule has 156 valence electrons. The van der Waals surface area contributed by atoms with Gasteiger partial charge in [-0.1, -0.05) is 29.8 Å². The largest absolute Gasteiger partial charge is 0.463 e. The van der Waals surface area contributed by atoms with Crippen molar-refractivity contribution in [3.8, 4) is 0 Å². The lowest BCUT2D eigenvalue weighted by atomic mass is 9.94. The van der Waals surface area contributed by atoms with Gasteiger partial charge in [0.15, 0.2) is 0 Å². The van der Waals surface area contributed by atoms with Crippen LogP contribution in [0.1, 0.15) is 18.5 Å². The highest BCUT2D eigenvalue weighted by atomic mass is 35.5. The molecular weight excluding hydrogens is 394 g/mol. The number of benzene rings is 1. The van der Waals surface area contributed by atoms with Crippen LogP contribution >= 0.6 is 11.6 Å².